The summed E-state index contributed by atoms with van der Waals surface area (Å²) in [5, 5.41) is 4.53. The van der Waals surface area contributed by atoms with Crippen LogP contribution in [0.4, 0.5) is 0 Å². The minimum Gasteiger partial charge on any atom is -0.216 e. The van der Waals surface area contributed by atoms with E-state index in [1.807, 2.05) is 35.0 Å². The van der Waals surface area contributed by atoms with Crippen molar-refractivity contribution in [3.05, 3.63) is 41.4 Å². The van der Waals surface area contributed by atoms with Gasteiger partial charge in [-0.05, 0) is 30.2 Å². The third kappa shape index (κ3) is 2.09. The normalized spacial score (nSPS) is 12.7. The summed E-state index contributed by atoms with van der Waals surface area (Å²) in [5.41, 5.74) is 0.997. The smallest absolute Gasteiger partial charge is 0.216 e. The maximum atomic E-state index is 5.87. The van der Waals surface area contributed by atoms with Crippen LogP contribution in [0.25, 0.3) is 5.69 Å². The summed E-state index contributed by atoms with van der Waals surface area (Å²) in [7, 11) is 0. The second kappa shape index (κ2) is 4.66. The Hall–Kier alpha value is -1.35. The Labute approximate surface area is 100 Å². The van der Waals surface area contributed by atoms with Crippen LogP contribution in [0.1, 0.15) is 32.0 Å². The largest absolute Gasteiger partial charge is 0.243 e. The van der Waals surface area contributed by atoms with Crippen molar-refractivity contribution in [1.29, 1.82) is 0 Å². The van der Waals surface area contributed by atoms with Gasteiger partial charge in [0.1, 0.15) is 5.82 Å². The van der Waals surface area contributed by atoms with E-state index in [-0.39, 0.29) is 0 Å². The minimum absolute atomic E-state index is 0.305. The highest BCUT2D eigenvalue weighted by Gasteiger charge is 2.15. The van der Waals surface area contributed by atoms with E-state index in [4.69, 9.17) is 11.6 Å². The molecule has 4 heteroatoms. The van der Waals surface area contributed by atoms with Gasteiger partial charge in [-0.3, -0.25) is 0 Å². The number of halogens is 1. The van der Waals surface area contributed by atoms with Crippen LogP contribution in [0, 0.1) is 0 Å². The summed E-state index contributed by atoms with van der Waals surface area (Å²) in [6, 6.07) is 9.93. The van der Waals surface area contributed by atoms with Crippen LogP contribution in [0.15, 0.2) is 30.3 Å². The molecule has 0 N–H and O–H groups in total. The maximum absolute atomic E-state index is 5.87. The summed E-state index contributed by atoms with van der Waals surface area (Å²) in [5.74, 6) is 1.26. The molecule has 0 aliphatic carbocycles. The van der Waals surface area contributed by atoms with Gasteiger partial charge >= 0.3 is 0 Å². The van der Waals surface area contributed by atoms with E-state index < -0.39 is 0 Å². The molecule has 0 spiro atoms. The Morgan fingerprint density at radius 1 is 1.31 bits per heavy atom. The van der Waals surface area contributed by atoms with Gasteiger partial charge in [-0.25, -0.2) is 9.67 Å². The highest BCUT2D eigenvalue weighted by molar-refractivity contribution is 6.28. The SMILES string of the molecule is CC[C@@H](C)c1nc(Cl)nn1-c1ccccc1. The zero-order valence-electron chi connectivity index (χ0n) is 9.39. The van der Waals surface area contributed by atoms with Crippen LogP contribution in [-0.2, 0) is 0 Å². The van der Waals surface area contributed by atoms with Crippen molar-refractivity contribution in [2.75, 3.05) is 0 Å². The number of aromatic nitrogens is 3. The van der Waals surface area contributed by atoms with Crippen molar-refractivity contribution in [2.24, 2.45) is 0 Å². The molecule has 0 aliphatic rings. The van der Waals surface area contributed by atoms with Crippen molar-refractivity contribution < 1.29 is 0 Å². The first-order chi connectivity index (χ1) is 7.72. The van der Waals surface area contributed by atoms with Crippen LogP contribution in [0.3, 0.4) is 0 Å². The van der Waals surface area contributed by atoms with Gasteiger partial charge in [0.2, 0.25) is 5.28 Å². The molecule has 16 heavy (non-hydrogen) atoms. The predicted octanol–water partition coefficient (Wildman–Crippen LogP) is 3.43. The summed E-state index contributed by atoms with van der Waals surface area (Å²) < 4.78 is 1.82. The Morgan fingerprint density at radius 2 is 2.00 bits per heavy atom. The maximum Gasteiger partial charge on any atom is 0.243 e. The second-order valence-corrected chi connectivity index (χ2v) is 4.13. The standard InChI is InChI=1S/C12H14ClN3/c1-3-9(2)11-14-12(13)15-16(11)10-7-5-4-6-8-10/h4-9H,3H2,1-2H3/t9-/m1/s1. The zero-order chi connectivity index (χ0) is 11.5. The van der Waals surface area contributed by atoms with Crippen molar-refractivity contribution in [3.63, 3.8) is 0 Å². The third-order valence-electron chi connectivity index (χ3n) is 2.66. The molecule has 0 saturated carbocycles. The Kier molecular flexibility index (Phi) is 3.25. The molecule has 1 heterocycles. The molecule has 0 amide bonds. The van der Waals surface area contributed by atoms with Gasteiger partial charge in [0.15, 0.2) is 0 Å². The fraction of sp³-hybridized carbons (Fsp3) is 0.333. The molecular formula is C12H14ClN3. The first-order valence-electron chi connectivity index (χ1n) is 5.40. The zero-order valence-corrected chi connectivity index (χ0v) is 10.1. The lowest BCUT2D eigenvalue weighted by molar-refractivity contribution is 0.646. The van der Waals surface area contributed by atoms with Gasteiger partial charge in [-0.1, -0.05) is 32.0 Å². The Balaban J connectivity index is 2.48. The van der Waals surface area contributed by atoms with Crippen molar-refractivity contribution in [1.82, 2.24) is 14.8 Å². The monoisotopic (exact) mass is 235 g/mol. The van der Waals surface area contributed by atoms with Gasteiger partial charge in [-0.15, -0.1) is 5.10 Å². The highest BCUT2D eigenvalue weighted by atomic mass is 35.5. The quantitative estimate of drug-likeness (QED) is 0.816. The molecule has 84 valence electrons. The van der Waals surface area contributed by atoms with E-state index in [9.17, 15) is 0 Å². The second-order valence-electron chi connectivity index (χ2n) is 3.80. The lowest BCUT2D eigenvalue weighted by Gasteiger charge is -2.09. The number of para-hydroxylation sites is 1. The summed E-state index contributed by atoms with van der Waals surface area (Å²) in [6.07, 6.45) is 1.02. The molecule has 1 atom stereocenters. The van der Waals surface area contributed by atoms with Crippen molar-refractivity contribution >= 4 is 11.6 Å². The van der Waals surface area contributed by atoms with Gasteiger partial charge in [0.05, 0.1) is 5.69 Å². The molecule has 2 aromatic rings. The minimum atomic E-state index is 0.305. The van der Waals surface area contributed by atoms with Gasteiger partial charge in [0.25, 0.3) is 0 Å². The van der Waals surface area contributed by atoms with Crippen LogP contribution in [0.2, 0.25) is 5.28 Å². The van der Waals surface area contributed by atoms with Crippen LogP contribution >= 0.6 is 11.6 Å². The lowest BCUT2D eigenvalue weighted by atomic mass is 10.1. The van der Waals surface area contributed by atoms with Crippen molar-refractivity contribution in [3.8, 4) is 5.69 Å². The van der Waals surface area contributed by atoms with Gasteiger partial charge in [-0.2, -0.15) is 0 Å². The van der Waals surface area contributed by atoms with Crippen LogP contribution < -0.4 is 0 Å². The van der Waals surface area contributed by atoms with E-state index in [0.29, 0.717) is 11.2 Å². The Morgan fingerprint density at radius 3 is 2.62 bits per heavy atom. The molecule has 0 bridgehead atoms. The van der Waals surface area contributed by atoms with Crippen molar-refractivity contribution in [2.45, 2.75) is 26.2 Å². The molecule has 0 radical (unpaired) electrons. The van der Waals surface area contributed by atoms with Gasteiger partial charge < -0.3 is 0 Å². The van der Waals surface area contributed by atoms with E-state index in [0.717, 1.165) is 17.9 Å². The van der Waals surface area contributed by atoms with E-state index in [1.165, 1.54) is 0 Å². The molecule has 0 aliphatic heterocycles. The summed E-state index contributed by atoms with van der Waals surface area (Å²) in [4.78, 5) is 4.28. The summed E-state index contributed by atoms with van der Waals surface area (Å²) >= 11 is 5.87. The fourth-order valence-electron chi connectivity index (χ4n) is 1.56. The first kappa shape index (κ1) is 11.1. The molecule has 1 aromatic carbocycles. The van der Waals surface area contributed by atoms with Crippen LogP contribution in [-0.4, -0.2) is 14.8 Å². The Bertz CT molecular complexity index is 464. The summed E-state index contributed by atoms with van der Waals surface area (Å²) in [6.45, 7) is 4.25. The van der Waals surface area contributed by atoms with Gasteiger partial charge in [0, 0.05) is 5.92 Å². The number of benzene rings is 1. The molecule has 0 fully saturated rings. The average molecular weight is 236 g/mol. The predicted molar refractivity (Wildman–Crippen MR) is 65.1 cm³/mol. The molecule has 3 nitrogen and oxygen atoms in total. The number of hydrogen-bond donors (Lipinski definition) is 0. The van der Waals surface area contributed by atoms with E-state index in [1.54, 1.807) is 0 Å². The number of hydrogen-bond acceptors (Lipinski definition) is 2. The fourth-order valence-corrected chi connectivity index (χ4v) is 1.72. The van der Waals surface area contributed by atoms with E-state index >= 15 is 0 Å². The third-order valence-corrected chi connectivity index (χ3v) is 2.82. The highest BCUT2D eigenvalue weighted by Crippen LogP contribution is 2.21. The number of nitrogens with zero attached hydrogens (tertiary/aromatic N) is 3. The first-order valence-corrected chi connectivity index (χ1v) is 5.78. The molecule has 0 saturated heterocycles. The number of rotatable bonds is 3. The molecular weight excluding hydrogens is 222 g/mol. The topological polar surface area (TPSA) is 30.7 Å². The lowest BCUT2D eigenvalue weighted by Crippen LogP contribution is -2.05. The average Bonchev–Trinajstić information content (AvgIpc) is 2.71. The molecule has 0 unspecified atom stereocenters. The molecule has 1 aromatic heterocycles. The van der Waals surface area contributed by atoms with E-state index in [2.05, 4.69) is 23.9 Å². The van der Waals surface area contributed by atoms with Crippen LogP contribution in [0.5, 0.6) is 0 Å². The molecule has 2 rings (SSSR count).